The van der Waals surface area contributed by atoms with Crippen molar-refractivity contribution in [3.05, 3.63) is 42.1 Å². The minimum Gasteiger partial charge on any atom is -0.360 e. The van der Waals surface area contributed by atoms with Crippen LogP contribution in [0.15, 0.2) is 36.5 Å². The average Bonchev–Trinajstić information content (AvgIpc) is 2.70. The van der Waals surface area contributed by atoms with Crippen LogP contribution in [0.3, 0.4) is 0 Å². The average molecular weight is 202 g/mol. The van der Waals surface area contributed by atoms with Crippen LogP contribution in [-0.4, -0.2) is 10.2 Å². The van der Waals surface area contributed by atoms with E-state index in [4.69, 9.17) is 5.21 Å². The first-order chi connectivity index (χ1) is 7.36. The summed E-state index contributed by atoms with van der Waals surface area (Å²) in [5, 5.41) is 10.2. The third-order valence-electron chi connectivity index (χ3n) is 2.41. The first-order valence-electron chi connectivity index (χ1n) is 5.03. The molecule has 0 amide bonds. The third-order valence-corrected chi connectivity index (χ3v) is 2.41. The highest BCUT2D eigenvalue weighted by Crippen LogP contribution is 2.23. The van der Waals surface area contributed by atoms with Crippen LogP contribution < -0.4 is 5.48 Å². The molecule has 3 N–H and O–H groups in total. The van der Waals surface area contributed by atoms with Gasteiger partial charge in [0, 0.05) is 22.7 Å². The zero-order valence-electron chi connectivity index (χ0n) is 8.62. The highest BCUT2D eigenvalue weighted by molar-refractivity contribution is 5.91. The molecule has 2 rings (SSSR count). The van der Waals surface area contributed by atoms with Gasteiger partial charge in [-0.1, -0.05) is 31.2 Å². The Morgan fingerprint density at radius 2 is 2.27 bits per heavy atom. The van der Waals surface area contributed by atoms with Gasteiger partial charge in [0.25, 0.3) is 0 Å². The van der Waals surface area contributed by atoms with E-state index >= 15 is 0 Å². The molecule has 78 valence electrons. The lowest BCUT2D eigenvalue weighted by Gasteiger charge is -2.03. The van der Waals surface area contributed by atoms with Gasteiger partial charge in [-0.05, 0) is 12.5 Å². The summed E-state index contributed by atoms with van der Waals surface area (Å²) in [7, 11) is 0. The van der Waals surface area contributed by atoms with Crippen molar-refractivity contribution in [1.29, 1.82) is 0 Å². The SMILES string of the molecule is CCC=C(NO)c1c[nH]c2ccccc12. The number of rotatable bonds is 3. The van der Waals surface area contributed by atoms with Gasteiger partial charge in [0.2, 0.25) is 0 Å². The van der Waals surface area contributed by atoms with Crippen molar-refractivity contribution < 1.29 is 5.21 Å². The zero-order valence-corrected chi connectivity index (χ0v) is 8.62. The Bertz CT molecular complexity index is 485. The molecule has 0 spiro atoms. The molecule has 3 nitrogen and oxygen atoms in total. The summed E-state index contributed by atoms with van der Waals surface area (Å²) in [6.45, 7) is 2.03. The van der Waals surface area contributed by atoms with Gasteiger partial charge < -0.3 is 4.98 Å². The number of benzene rings is 1. The van der Waals surface area contributed by atoms with Crippen LogP contribution in [0, 0.1) is 0 Å². The van der Waals surface area contributed by atoms with E-state index < -0.39 is 0 Å². The summed E-state index contributed by atoms with van der Waals surface area (Å²) in [6, 6.07) is 8.01. The van der Waals surface area contributed by atoms with Gasteiger partial charge in [-0.15, -0.1) is 0 Å². The zero-order chi connectivity index (χ0) is 10.7. The van der Waals surface area contributed by atoms with Crippen molar-refractivity contribution in [3.8, 4) is 0 Å². The summed E-state index contributed by atoms with van der Waals surface area (Å²) in [6.07, 6.45) is 4.73. The van der Waals surface area contributed by atoms with E-state index in [2.05, 4.69) is 10.5 Å². The van der Waals surface area contributed by atoms with Crippen LogP contribution >= 0.6 is 0 Å². The number of allylic oxidation sites excluding steroid dienone is 1. The molecule has 1 heterocycles. The van der Waals surface area contributed by atoms with Crippen LogP contribution in [0.25, 0.3) is 16.6 Å². The van der Waals surface area contributed by atoms with Crippen molar-refractivity contribution in [2.24, 2.45) is 0 Å². The predicted octanol–water partition coefficient (Wildman–Crippen LogP) is 2.90. The molecule has 0 bridgehead atoms. The molecule has 0 unspecified atom stereocenters. The van der Waals surface area contributed by atoms with Gasteiger partial charge in [0.05, 0.1) is 5.70 Å². The second kappa shape index (κ2) is 4.19. The Kier molecular flexibility index (Phi) is 2.74. The minimum absolute atomic E-state index is 0.745. The monoisotopic (exact) mass is 202 g/mol. The lowest BCUT2D eigenvalue weighted by Crippen LogP contribution is -2.04. The van der Waals surface area contributed by atoms with Gasteiger partial charge >= 0.3 is 0 Å². The van der Waals surface area contributed by atoms with E-state index in [9.17, 15) is 0 Å². The summed E-state index contributed by atoms with van der Waals surface area (Å²) in [5.41, 5.74) is 5.05. The normalized spacial score (nSPS) is 12.0. The molecule has 15 heavy (non-hydrogen) atoms. The van der Waals surface area contributed by atoms with Crippen LogP contribution in [0.2, 0.25) is 0 Å². The predicted molar refractivity (Wildman–Crippen MR) is 61.5 cm³/mol. The number of hydroxylamine groups is 1. The van der Waals surface area contributed by atoms with Crippen molar-refractivity contribution in [3.63, 3.8) is 0 Å². The number of aromatic nitrogens is 1. The topological polar surface area (TPSA) is 48.0 Å². The van der Waals surface area contributed by atoms with E-state index in [0.29, 0.717) is 0 Å². The smallest absolute Gasteiger partial charge is 0.0655 e. The largest absolute Gasteiger partial charge is 0.360 e. The van der Waals surface area contributed by atoms with Crippen molar-refractivity contribution in [2.45, 2.75) is 13.3 Å². The number of aromatic amines is 1. The van der Waals surface area contributed by atoms with E-state index in [0.717, 1.165) is 28.6 Å². The number of fused-ring (bicyclic) bond motifs is 1. The highest BCUT2D eigenvalue weighted by Gasteiger charge is 2.06. The molecule has 1 aromatic heterocycles. The quantitative estimate of drug-likeness (QED) is 0.670. The Balaban J connectivity index is 2.56. The maximum absolute atomic E-state index is 9.06. The second-order valence-corrected chi connectivity index (χ2v) is 3.39. The van der Waals surface area contributed by atoms with Gasteiger partial charge in [0.15, 0.2) is 0 Å². The van der Waals surface area contributed by atoms with Crippen LogP contribution in [0.1, 0.15) is 18.9 Å². The van der Waals surface area contributed by atoms with Crippen molar-refractivity contribution in [1.82, 2.24) is 10.5 Å². The van der Waals surface area contributed by atoms with Crippen molar-refractivity contribution >= 4 is 16.6 Å². The van der Waals surface area contributed by atoms with Crippen molar-refractivity contribution in [2.75, 3.05) is 0 Å². The molecular weight excluding hydrogens is 188 g/mol. The van der Waals surface area contributed by atoms with Gasteiger partial charge in [-0.3, -0.25) is 10.7 Å². The van der Waals surface area contributed by atoms with Crippen LogP contribution in [0.4, 0.5) is 0 Å². The molecule has 0 radical (unpaired) electrons. The van der Waals surface area contributed by atoms with E-state index in [1.54, 1.807) is 0 Å². The molecule has 1 aromatic carbocycles. The fourth-order valence-corrected chi connectivity index (χ4v) is 1.71. The van der Waals surface area contributed by atoms with Gasteiger partial charge in [0.1, 0.15) is 0 Å². The third kappa shape index (κ3) is 1.74. The summed E-state index contributed by atoms with van der Waals surface area (Å²) in [5.74, 6) is 0. The maximum atomic E-state index is 9.06. The minimum atomic E-state index is 0.745. The molecule has 0 saturated carbocycles. The number of para-hydroxylation sites is 1. The number of hydrogen-bond donors (Lipinski definition) is 3. The van der Waals surface area contributed by atoms with E-state index in [-0.39, 0.29) is 0 Å². The van der Waals surface area contributed by atoms with Gasteiger partial charge in [-0.25, -0.2) is 0 Å². The number of H-pyrrole nitrogens is 1. The number of nitrogens with one attached hydrogen (secondary N) is 2. The Labute approximate surface area is 88.4 Å². The lowest BCUT2D eigenvalue weighted by molar-refractivity contribution is 0.224. The first kappa shape index (κ1) is 9.80. The molecule has 0 aliphatic carbocycles. The van der Waals surface area contributed by atoms with Crippen LogP contribution in [-0.2, 0) is 0 Å². The molecule has 0 saturated heterocycles. The van der Waals surface area contributed by atoms with E-state index in [1.165, 1.54) is 0 Å². The molecule has 2 aromatic rings. The summed E-state index contributed by atoms with van der Waals surface area (Å²) >= 11 is 0. The molecule has 0 atom stereocenters. The van der Waals surface area contributed by atoms with E-state index in [1.807, 2.05) is 43.5 Å². The lowest BCUT2D eigenvalue weighted by atomic mass is 10.1. The summed E-state index contributed by atoms with van der Waals surface area (Å²) < 4.78 is 0. The van der Waals surface area contributed by atoms with Gasteiger partial charge in [-0.2, -0.15) is 0 Å². The Hall–Kier alpha value is -1.74. The fourth-order valence-electron chi connectivity index (χ4n) is 1.71. The molecule has 3 heteroatoms. The molecule has 0 fully saturated rings. The second-order valence-electron chi connectivity index (χ2n) is 3.39. The number of hydrogen-bond acceptors (Lipinski definition) is 2. The molecule has 0 aliphatic rings. The Morgan fingerprint density at radius 3 is 3.00 bits per heavy atom. The molecular formula is C12H14N2O. The van der Waals surface area contributed by atoms with Crippen LogP contribution in [0.5, 0.6) is 0 Å². The summed E-state index contributed by atoms with van der Waals surface area (Å²) in [4.78, 5) is 3.17. The molecule has 0 aliphatic heterocycles. The highest BCUT2D eigenvalue weighted by atomic mass is 16.5. The fraction of sp³-hybridized carbons (Fsp3) is 0.167. The first-order valence-corrected chi connectivity index (χ1v) is 5.03. The Morgan fingerprint density at radius 1 is 1.47 bits per heavy atom. The standard InChI is InChI=1S/C12H14N2O/c1-2-5-12(14-15)10-8-13-11-7-4-3-6-9(10)11/h3-8,13-15H,2H2,1H3. The maximum Gasteiger partial charge on any atom is 0.0655 e.